The molecule has 4 saturated heterocycles. The Hall–Kier alpha value is -2.73. The van der Waals surface area contributed by atoms with Crippen molar-refractivity contribution < 1.29 is 18.3 Å². The molecular weight excluding hydrogens is 587 g/mol. The van der Waals surface area contributed by atoms with Crippen LogP contribution in [0.2, 0.25) is 10.0 Å². The summed E-state index contributed by atoms with van der Waals surface area (Å²) >= 11 is 13.6. The van der Waals surface area contributed by atoms with Gasteiger partial charge in [-0.05, 0) is 50.8 Å². The number of hydrogen-bond acceptors (Lipinski definition) is 9. The highest BCUT2D eigenvalue weighted by molar-refractivity contribution is 6.38. The topological polar surface area (TPSA) is 102 Å². The molecule has 9 nitrogen and oxygen atoms in total. The first-order valence-electron chi connectivity index (χ1n) is 14.6. The van der Waals surface area contributed by atoms with E-state index in [-0.39, 0.29) is 69.1 Å². The van der Waals surface area contributed by atoms with Crippen LogP contribution in [0.5, 0.6) is 11.8 Å². The summed E-state index contributed by atoms with van der Waals surface area (Å²) in [7, 11) is 0. The second-order valence-electron chi connectivity index (χ2n) is 12.4. The summed E-state index contributed by atoms with van der Waals surface area (Å²) in [5, 5.41) is 4.34. The molecule has 2 aromatic heterocycles. The van der Waals surface area contributed by atoms with Gasteiger partial charge in [0.25, 0.3) is 0 Å². The Morgan fingerprint density at radius 3 is 2.93 bits per heavy atom. The Morgan fingerprint density at radius 1 is 1.21 bits per heavy atom. The van der Waals surface area contributed by atoms with Gasteiger partial charge in [0.15, 0.2) is 11.6 Å². The van der Waals surface area contributed by atoms with Gasteiger partial charge in [-0.3, -0.25) is 4.90 Å². The van der Waals surface area contributed by atoms with Gasteiger partial charge in [-0.2, -0.15) is 9.97 Å². The average Bonchev–Trinajstić information content (AvgIpc) is 3.58. The lowest BCUT2D eigenvalue weighted by Gasteiger charge is -2.40. The van der Waals surface area contributed by atoms with Crippen molar-refractivity contribution in [3.8, 4) is 23.0 Å². The zero-order valence-corrected chi connectivity index (χ0v) is 24.6. The molecule has 5 aliphatic heterocycles. The van der Waals surface area contributed by atoms with Crippen LogP contribution in [0.4, 0.5) is 20.4 Å². The monoisotopic (exact) mass is 617 g/mol. The second kappa shape index (κ2) is 9.64. The number of aromatic nitrogens is 3. The maximum Gasteiger partial charge on any atom is 0.319 e. The molecular formula is C29H31Cl2F2N7O2. The summed E-state index contributed by atoms with van der Waals surface area (Å²) < 4.78 is 43.9. The van der Waals surface area contributed by atoms with Gasteiger partial charge in [0.2, 0.25) is 0 Å². The minimum atomic E-state index is -0.894. The molecule has 5 aliphatic rings. The minimum Gasteiger partial charge on any atom is -0.489 e. The van der Waals surface area contributed by atoms with Crippen LogP contribution >= 0.6 is 23.2 Å². The number of anilines is 2. The molecule has 5 atom stereocenters. The normalized spacial score (nSPS) is 29.9. The van der Waals surface area contributed by atoms with E-state index in [2.05, 4.69) is 25.1 Å². The first-order valence-corrected chi connectivity index (χ1v) is 15.3. The molecule has 8 rings (SSSR count). The predicted octanol–water partition coefficient (Wildman–Crippen LogP) is 4.69. The SMILES string of the molecule is Cc1cc(N)nc(-c2c(Cl)c3c4c(nc(OC[C@@]56CCCN5C[C@H](F)C6)nc4c2F)N2C[C@H]4CC[C@H](N4)[C@H]2CO3)c1Cl. The van der Waals surface area contributed by atoms with Gasteiger partial charge in [-0.1, -0.05) is 23.2 Å². The van der Waals surface area contributed by atoms with Gasteiger partial charge in [0.05, 0.1) is 38.3 Å². The van der Waals surface area contributed by atoms with Gasteiger partial charge in [-0.25, -0.2) is 13.8 Å². The predicted molar refractivity (Wildman–Crippen MR) is 157 cm³/mol. The van der Waals surface area contributed by atoms with Gasteiger partial charge >= 0.3 is 6.01 Å². The third-order valence-electron chi connectivity index (χ3n) is 9.80. The number of rotatable bonds is 4. The molecule has 0 radical (unpaired) electrons. The first-order chi connectivity index (χ1) is 20.2. The van der Waals surface area contributed by atoms with Gasteiger partial charge in [0, 0.05) is 31.6 Å². The van der Waals surface area contributed by atoms with E-state index < -0.39 is 17.5 Å². The van der Waals surface area contributed by atoms with Crippen molar-refractivity contribution in [1.29, 1.82) is 0 Å². The van der Waals surface area contributed by atoms with Crippen LogP contribution in [-0.4, -0.2) is 82.5 Å². The zero-order valence-electron chi connectivity index (χ0n) is 23.1. The number of pyridine rings is 1. The highest BCUT2D eigenvalue weighted by atomic mass is 35.5. The Labute approximate surface area is 251 Å². The van der Waals surface area contributed by atoms with Crippen molar-refractivity contribution in [3.63, 3.8) is 0 Å². The summed E-state index contributed by atoms with van der Waals surface area (Å²) in [5.41, 5.74) is 6.35. The van der Waals surface area contributed by atoms with Crippen molar-refractivity contribution in [1.82, 2.24) is 25.2 Å². The van der Waals surface area contributed by atoms with Crippen LogP contribution in [-0.2, 0) is 0 Å². The quantitative estimate of drug-likeness (QED) is 0.432. The molecule has 0 amide bonds. The van der Waals surface area contributed by atoms with Crippen LogP contribution in [0.3, 0.4) is 0 Å². The third kappa shape index (κ3) is 3.96. The van der Waals surface area contributed by atoms with E-state index in [1.807, 2.05) is 0 Å². The van der Waals surface area contributed by atoms with Crippen LogP contribution < -0.4 is 25.4 Å². The van der Waals surface area contributed by atoms with Gasteiger partial charge < -0.3 is 25.4 Å². The number of nitrogens with two attached hydrogens (primary N) is 1. The zero-order chi connectivity index (χ0) is 28.9. The van der Waals surface area contributed by atoms with Crippen molar-refractivity contribution in [2.24, 2.45) is 0 Å². The average molecular weight is 619 g/mol. The fourth-order valence-corrected chi connectivity index (χ4v) is 8.37. The molecule has 0 saturated carbocycles. The van der Waals surface area contributed by atoms with Crippen molar-refractivity contribution >= 4 is 45.7 Å². The smallest absolute Gasteiger partial charge is 0.319 e. The highest BCUT2D eigenvalue weighted by Crippen LogP contribution is 2.50. The molecule has 0 aliphatic carbocycles. The lowest BCUT2D eigenvalue weighted by Crippen LogP contribution is -2.60. The molecule has 0 spiro atoms. The molecule has 42 heavy (non-hydrogen) atoms. The van der Waals surface area contributed by atoms with Crippen molar-refractivity contribution in [2.75, 3.05) is 43.5 Å². The second-order valence-corrected chi connectivity index (χ2v) is 13.1. The number of alkyl halides is 1. The molecule has 222 valence electrons. The third-order valence-corrected chi connectivity index (χ3v) is 10.6. The number of nitrogen functional groups attached to an aromatic ring is 1. The number of hydrogen-bond donors (Lipinski definition) is 2. The fourth-order valence-electron chi connectivity index (χ4n) is 7.85. The largest absolute Gasteiger partial charge is 0.489 e. The first kappa shape index (κ1) is 26.9. The number of fused-ring (bicyclic) bond motifs is 6. The highest BCUT2D eigenvalue weighted by Gasteiger charge is 2.50. The van der Waals surface area contributed by atoms with E-state index in [0.717, 1.165) is 32.2 Å². The maximum atomic E-state index is 16.8. The molecule has 13 heteroatoms. The van der Waals surface area contributed by atoms with E-state index in [1.54, 1.807) is 13.0 Å². The van der Waals surface area contributed by atoms with E-state index in [0.29, 0.717) is 42.9 Å². The Bertz CT molecular complexity index is 1630. The molecule has 0 unspecified atom stereocenters. The standard InChI is InChI=1S/C29H31Cl2F2N7O2/c1-13-7-18(34)36-24(21(13)30)19-22(31)26-20-25(23(19)33)37-28(42-12-29-5-2-6-39(29)9-14(32)8-29)38-27(20)40-10-15-3-4-16(35-15)17(40)11-41-26/h7,14-17,35H,2-6,8-12H2,1H3,(H2,34,36)/t14-,15-,16+,17-,29+/m1/s1. The molecule has 4 fully saturated rings. The number of nitrogens with one attached hydrogen (secondary N) is 1. The summed E-state index contributed by atoms with van der Waals surface area (Å²) in [6, 6.07) is 2.08. The van der Waals surface area contributed by atoms with Crippen LogP contribution in [0.25, 0.3) is 22.2 Å². The van der Waals surface area contributed by atoms with E-state index in [1.165, 1.54) is 0 Å². The number of ether oxygens (including phenoxy) is 2. The number of halogens is 4. The lowest BCUT2D eigenvalue weighted by atomic mass is 9.95. The summed E-state index contributed by atoms with van der Waals surface area (Å²) in [6.07, 6.45) is 3.37. The Kier molecular flexibility index (Phi) is 6.16. The number of piperazine rings is 1. The fraction of sp³-hybridized carbons (Fsp3) is 0.552. The van der Waals surface area contributed by atoms with Crippen molar-refractivity contribution in [2.45, 2.75) is 68.9 Å². The number of benzene rings is 1. The molecule has 7 heterocycles. The Morgan fingerprint density at radius 2 is 2.07 bits per heavy atom. The van der Waals surface area contributed by atoms with E-state index in [9.17, 15) is 4.39 Å². The Balaban J connectivity index is 1.31. The van der Waals surface area contributed by atoms with E-state index >= 15 is 4.39 Å². The van der Waals surface area contributed by atoms with E-state index in [4.69, 9.17) is 43.4 Å². The van der Waals surface area contributed by atoms with Crippen LogP contribution in [0.1, 0.15) is 37.7 Å². The maximum absolute atomic E-state index is 16.8. The molecule has 3 aromatic rings. The molecule has 3 N–H and O–H groups in total. The van der Waals surface area contributed by atoms with Gasteiger partial charge in [0.1, 0.15) is 36.5 Å². The summed E-state index contributed by atoms with van der Waals surface area (Å²) in [5.74, 6) is 0.280. The minimum absolute atomic E-state index is 0.00411. The van der Waals surface area contributed by atoms with Crippen molar-refractivity contribution in [3.05, 3.63) is 27.5 Å². The van der Waals surface area contributed by atoms with Crippen LogP contribution in [0, 0.1) is 12.7 Å². The number of nitrogens with zero attached hydrogens (tertiary/aromatic N) is 5. The molecule has 1 aromatic carbocycles. The van der Waals surface area contributed by atoms with Crippen LogP contribution in [0.15, 0.2) is 6.07 Å². The number of aryl methyl sites for hydroxylation is 1. The summed E-state index contributed by atoms with van der Waals surface area (Å²) in [4.78, 5) is 18.2. The molecule has 2 bridgehead atoms. The summed E-state index contributed by atoms with van der Waals surface area (Å²) in [6.45, 7) is 4.24. The van der Waals surface area contributed by atoms with Gasteiger partial charge in [-0.15, -0.1) is 0 Å². The lowest BCUT2D eigenvalue weighted by molar-refractivity contribution is 0.107.